The number of hydrogen-bond donors (Lipinski definition) is 0. The fraction of sp³-hybridized carbons (Fsp3) is 0.333. The Morgan fingerprint density at radius 2 is 2.30 bits per heavy atom. The number of esters is 2. The van der Waals surface area contributed by atoms with E-state index in [1.807, 2.05) is 0 Å². The molecule has 0 aliphatic carbocycles. The van der Waals surface area contributed by atoms with Crippen LogP contribution >= 0.6 is 15.9 Å². The second-order valence-electron chi connectivity index (χ2n) is 4.01. The average molecular weight is 344 g/mol. The first-order valence-electron chi connectivity index (χ1n) is 5.75. The van der Waals surface area contributed by atoms with Crippen LogP contribution in [0.15, 0.2) is 18.2 Å². The molecule has 1 aromatic carbocycles. The van der Waals surface area contributed by atoms with Gasteiger partial charge in [0.1, 0.15) is 0 Å². The molecule has 0 saturated heterocycles. The van der Waals surface area contributed by atoms with Gasteiger partial charge in [-0.1, -0.05) is 15.9 Å². The largest absolute Gasteiger partial charge is 0.465 e. The summed E-state index contributed by atoms with van der Waals surface area (Å²) in [5, 5.41) is 10.7. The fourth-order valence-corrected chi connectivity index (χ4v) is 2.41. The zero-order valence-corrected chi connectivity index (χ0v) is 12.0. The van der Waals surface area contributed by atoms with Crippen molar-refractivity contribution in [1.82, 2.24) is 0 Å². The predicted molar refractivity (Wildman–Crippen MR) is 70.6 cm³/mol. The lowest BCUT2D eigenvalue weighted by Crippen LogP contribution is -2.24. The molecule has 0 spiro atoms. The van der Waals surface area contributed by atoms with Crippen LogP contribution in [0.25, 0.3) is 0 Å². The second-order valence-corrected chi connectivity index (χ2v) is 4.99. The molecule has 0 N–H and O–H groups in total. The summed E-state index contributed by atoms with van der Waals surface area (Å²) >= 11 is 3.13. The van der Waals surface area contributed by atoms with Gasteiger partial charge in [-0.15, -0.1) is 0 Å². The number of carbonyl (C=O) groups excluding carboxylic acids is 2. The van der Waals surface area contributed by atoms with E-state index in [0.29, 0.717) is 5.56 Å². The van der Waals surface area contributed by atoms with Gasteiger partial charge >= 0.3 is 11.9 Å². The molecular weight excluding hydrogens is 334 g/mol. The van der Waals surface area contributed by atoms with Gasteiger partial charge in [0.05, 0.1) is 17.1 Å². The second kappa shape index (κ2) is 5.58. The number of nitro benzene ring substituents is 1. The lowest BCUT2D eigenvalue weighted by atomic mass is 10.0. The number of rotatable bonds is 4. The summed E-state index contributed by atoms with van der Waals surface area (Å²) in [6.45, 7) is 1.87. The zero-order valence-electron chi connectivity index (χ0n) is 10.4. The molecule has 0 amide bonds. The van der Waals surface area contributed by atoms with Gasteiger partial charge in [-0.25, -0.2) is 4.79 Å². The smallest absolute Gasteiger partial charge is 0.339 e. The molecule has 0 saturated carbocycles. The summed E-state index contributed by atoms with van der Waals surface area (Å²) < 4.78 is 9.93. The molecule has 7 nitrogen and oxygen atoms in total. The maximum Gasteiger partial charge on any atom is 0.339 e. The standard InChI is InChI=1S/C12H10BrNO6/c1-2-19-12(16)9(13)10-7-4-3-6(14(17)18)5-8(7)11(15)20-10/h3-5,9-10H,2H2,1H3/t9-,10-/m0/s1. The minimum Gasteiger partial charge on any atom is -0.465 e. The van der Waals surface area contributed by atoms with Crippen molar-refractivity contribution in [2.45, 2.75) is 17.9 Å². The highest BCUT2D eigenvalue weighted by molar-refractivity contribution is 9.10. The molecule has 20 heavy (non-hydrogen) atoms. The van der Waals surface area contributed by atoms with Gasteiger partial charge in [0.15, 0.2) is 10.9 Å². The monoisotopic (exact) mass is 343 g/mol. The normalized spacial score (nSPS) is 18.1. The lowest BCUT2D eigenvalue weighted by molar-refractivity contribution is -0.384. The van der Waals surface area contributed by atoms with E-state index in [0.717, 1.165) is 6.07 Å². The minimum atomic E-state index is -0.853. The molecule has 106 valence electrons. The molecule has 2 atom stereocenters. The van der Waals surface area contributed by atoms with E-state index in [9.17, 15) is 19.7 Å². The zero-order chi connectivity index (χ0) is 14.9. The molecule has 0 aromatic heterocycles. The van der Waals surface area contributed by atoms with Crippen LogP contribution in [0.1, 0.15) is 28.9 Å². The first-order chi connectivity index (χ1) is 9.45. The third-order valence-electron chi connectivity index (χ3n) is 2.79. The maximum absolute atomic E-state index is 11.7. The van der Waals surface area contributed by atoms with Gasteiger partial charge in [-0.05, 0) is 13.0 Å². The minimum absolute atomic E-state index is 0.0953. The van der Waals surface area contributed by atoms with Crippen molar-refractivity contribution in [2.24, 2.45) is 0 Å². The van der Waals surface area contributed by atoms with E-state index in [-0.39, 0.29) is 17.9 Å². The van der Waals surface area contributed by atoms with Gasteiger partial charge in [0.25, 0.3) is 5.69 Å². The van der Waals surface area contributed by atoms with Crippen molar-refractivity contribution in [2.75, 3.05) is 6.61 Å². The Morgan fingerprint density at radius 1 is 1.60 bits per heavy atom. The highest BCUT2D eigenvalue weighted by atomic mass is 79.9. The van der Waals surface area contributed by atoms with Crippen LogP contribution in [0.3, 0.4) is 0 Å². The Labute approximate surface area is 122 Å². The van der Waals surface area contributed by atoms with E-state index < -0.39 is 27.8 Å². The molecule has 0 unspecified atom stereocenters. The topological polar surface area (TPSA) is 95.7 Å². The molecule has 0 bridgehead atoms. The highest BCUT2D eigenvalue weighted by Crippen LogP contribution is 2.38. The quantitative estimate of drug-likeness (QED) is 0.359. The third kappa shape index (κ3) is 2.51. The van der Waals surface area contributed by atoms with E-state index in [2.05, 4.69) is 15.9 Å². The van der Waals surface area contributed by atoms with Crippen LogP contribution in [0.4, 0.5) is 5.69 Å². The number of nitro groups is 1. The van der Waals surface area contributed by atoms with E-state index >= 15 is 0 Å². The Kier molecular flexibility index (Phi) is 4.03. The number of carbonyl (C=O) groups is 2. The number of cyclic esters (lactones) is 1. The third-order valence-corrected chi connectivity index (χ3v) is 3.64. The molecule has 1 aliphatic rings. The van der Waals surface area contributed by atoms with Crippen LogP contribution in [-0.2, 0) is 14.3 Å². The number of benzene rings is 1. The van der Waals surface area contributed by atoms with Crippen molar-refractivity contribution in [1.29, 1.82) is 0 Å². The molecule has 0 radical (unpaired) electrons. The average Bonchev–Trinajstić information content (AvgIpc) is 2.75. The summed E-state index contributed by atoms with van der Waals surface area (Å²) in [6, 6.07) is 3.82. The van der Waals surface area contributed by atoms with Crippen LogP contribution in [0.5, 0.6) is 0 Å². The first-order valence-corrected chi connectivity index (χ1v) is 6.67. The molecule has 2 rings (SSSR count). The molecule has 1 heterocycles. The summed E-state index contributed by atoms with van der Waals surface area (Å²) in [6.07, 6.45) is -0.850. The van der Waals surface area contributed by atoms with E-state index in [1.54, 1.807) is 6.92 Å². The fourth-order valence-electron chi connectivity index (χ4n) is 1.89. The SMILES string of the molecule is CCOC(=O)[C@@H](Br)[C@H]1OC(=O)c2cc([N+](=O)[O-])ccc21. The molecule has 0 fully saturated rings. The Bertz CT molecular complexity index is 587. The highest BCUT2D eigenvalue weighted by Gasteiger charge is 2.40. The number of hydrogen-bond acceptors (Lipinski definition) is 6. The van der Waals surface area contributed by atoms with Crippen LogP contribution in [0, 0.1) is 10.1 Å². The Hall–Kier alpha value is -1.96. The Morgan fingerprint density at radius 3 is 2.90 bits per heavy atom. The number of nitrogens with zero attached hydrogens (tertiary/aromatic N) is 1. The number of alkyl halides is 1. The van der Waals surface area contributed by atoms with Crippen molar-refractivity contribution in [3.63, 3.8) is 0 Å². The first kappa shape index (κ1) is 14.4. The summed E-state index contributed by atoms with van der Waals surface area (Å²) in [5.74, 6) is -1.25. The molecular formula is C12H10BrNO6. The van der Waals surface area contributed by atoms with Gasteiger partial charge in [0.2, 0.25) is 0 Å². The predicted octanol–water partition coefficient (Wildman–Crippen LogP) is 2.13. The van der Waals surface area contributed by atoms with E-state index in [1.165, 1.54) is 12.1 Å². The van der Waals surface area contributed by atoms with Crippen LogP contribution in [0.2, 0.25) is 0 Å². The van der Waals surface area contributed by atoms with Crippen LogP contribution in [-0.4, -0.2) is 28.3 Å². The van der Waals surface area contributed by atoms with Crippen LogP contribution < -0.4 is 0 Å². The van der Waals surface area contributed by atoms with Crippen molar-refractivity contribution in [3.8, 4) is 0 Å². The maximum atomic E-state index is 11.7. The number of non-ortho nitro benzene ring substituents is 1. The molecule has 1 aliphatic heterocycles. The van der Waals surface area contributed by atoms with Crippen molar-refractivity contribution < 1.29 is 24.0 Å². The van der Waals surface area contributed by atoms with Crippen molar-refractivity contribution in [3.05, 3.63) is 39.4 Å². The van der Waals surface area contributed by atoms with E-state index in [4.69, 9.17) is 9.47 Å². The number of ether oxygens (including phenoxy) is 2. The summed E-state index contributed by atoms with van der Waals surface area (Å²) in [7, 11) is 0. The van der Waals surface area contributed by atoms with Gasteiger partial charge < -0.3 is 9.47 Å². The Balaban J connectivity index is 2.33. The van der Waals surface area contributed by atoms with Gasteiger partial charge in [-0.3, -0.25) is 14.9 Å². The summed E-state index contributed by atoms with van der Waals surface area (Å²) in [4.78, 5) is 32.6. The number of halogens is 1. The van der Waals surface area contributed by atoms with Gasteiger partial charge in [-0.2, -0.15) is 0 Å². The van der Waals surface area contributed by atoms with Crippen molar-refractivity contribution >= 4 is 33.6 Å². The molecule has 8 heteroatoms. The summed E-state index contributed by atoms with van der Waals surface area (Å²) in [5.41, 5.74) is 0.317. The lowest BCUT2D eigenvalue weighted by Gasteiger charge is -2.15. The number of fused-ring (bicyclic) bond motifs is 1. The molecule has 1 aromatic rings. The van der Waals surface area contributed by atoms with Gasteiger partial charge in [0, 0.05) is 17.7 Å².